The zero-order valence-corrected chi connectivity index (χ0v) is 13.5. The molecule has 0 saturated carbocycles. The topological polar surface area (TPSA) is 74.6 Å². The maximum Gasteiger partial charge on any atom is 0.336 e. The zero-order chi connectivity index (χ0) is 17.5. The number of benzene rings is 2. The lowest BCUT2D eigenvalue weighted by atomic mass is 9.88. The highest BCUT2D eigenvalue weighted by atomic mass is 16.4. The molecule has 0 radical (unpaired) electrons. The normalized spacial score (nSPS) is 11.7. The Labute approximate surface area is 141 Å². The number of carboxylic acid groups (broad SMARTS) is 2. The maximum atomic E-state index is 12.0. The molecule has 0 amide bonds. The Hall–Kier alpha value is -2.88. The van der Waals surface area contributed by atoms with Crippen LogP contribution in [0.25, 0.3) is 11.1 Å². The second kappa shape index (κ2) is 8.11. The molecule has 0 aliphatic heterocycles. The lowest BCUT2D eigenvalue weighted by Crippen LogP contribution is -2.08. The lowest BCUT2D eigenvalue weighted by molar-refractivity contribution is -0.130. The third-order valence-corrected chi connectivity index (χ3v) is 3.84. The largest absolute Gasteiger partial charge is 0.478 e. The first-order valence-electron chi connectivity index (χ1n) is 7.90. The Bertz CT molecular complexity index is 760. The third-order valence-electron chi connectivity index (χ3n) is 3.84. The number of unbranched alkanes of at least 4 members (excludes halogenated alkanes) is 1. The van der Waals surface area contributed by atoms with E-state index in [1.807, 2.05) is 13.0 Å². The minimum absolute atomic E-state index is 0.123. The average molecular weight is 324 g/mol. The van der Waals surface area contributed by atoms with Gasteiger partial charge < -0.3 is 10.2 Å². The van der Waals surface area contributed by atoms with Crippen molar-refractivity contribution >= 4 is 23.1 Å². The number of carbonyl (C=O) groups is 2. The van der Waals surface area contributed by atoms with Crippen LogP contribution in [0.2, 0.25) is 0 Å². The number of hydrogen-bond acceptors (Lipinski definition) is 2. The van der Waals surface area contributed by atoms with E-state index in [-0.39, 0.29) is 11.1 Å². The molecule has 0 bridgehead atoms. The van der Waals surface area contributed by atoms with E-state index in [0.29, 0.717) is 23.1 Å². The van der Waals surface area contributed by atoms with Crippen LogP contribution in [0.3, 0.4) is 0 Å². The molecule has 0 aromatic heterocycles. The van der Waals surface area contributed by atoms with Gasteiger partial charge in [0.25, 0.3) is 0 Å². The number of rotatable bonds is 7. The molecule has 0 spiro atoms. The summed E-state index contributed by atoms with van der Waals surface area (Å²) in [7, 11) is 0. The van der Waals surface area contributed by atoms with Crippen LogP contribution in [0, 0.1) is 0 Å². The fraction of sp³-hybridized carbons (Fsp3) is 0.200. The van der Waals surface area contributed by atoms with Gasteiger partial charge in [-0.15, -0.1) is 0 Å². The van der Waals surface area contributed by atoms with Crippen LogP contribution in [-0.4, -0.2) is 22.2 Å². The molecule has 0 unspecified atom stereocenters. The predicted molar refractivity (Wildman–Crippen MR) is 93.8 cm³/mol. The van der Waals surface area contributed by atoms with Crippen LogP contribution in [0.4, 0.5) is 0 Å². The van der Waals surface area contributed by atoms with E-state index < -0.39 is 11.9 Å². The summed E-state index contributed by atoms with van der Waals surface area (Å²) in [6.07, 6.45) is 2.19. The van der Waals surface area contributed by atoms with Crippen molar-refractivity contribution in [2.45, 2.75) is 26.2 Å². The van der Waals surface area contributed by atoms with Crippen LogP contribution >= 0.6 is 0 Å². The molecule has 0 atom stereocenters. The molecular weight excluding hydrogens is 304 g/mol. The van der Waals surface area contributed by atoms with E-state index in [4.69, 9.17) is 0 Å². The highest BCUT2D eigenvalue weighted by Crippen LogP contribution is 2.32. The summed E-state index contributed by atoms with van der Waals surface area (Å²) < 4.78 is 0. The van der Waals surface area contributed by atoms with Crippen LogP contribution in [0.1, 0.15) is 47.7 Å². The average Bonchev–Trinajstić information content (AvgIpc) is 2.59. The highest BCUT2D eigenvalue weighted by Gasteiger charge is 2.21. The summed E-state index contributed by atoms with van der Waals surface area (Å²) in [5, 5.41) is 19.2. The van der Waals surface area contributed by atoms with Crippen LogP contribution in [0.5, 0.6) is 0 Å². The van der Waals surface area contributed by atoms with E-state index in [1.165, 1.54) is 6.07 Å². The quantitative estimate of drug-likeness (QED) is 0.578. The van der Waals surface area contributed by atoms with Crippen LogP contribution in [-0.2, 0) is 4.79 Å². The van der Waals surface area contributed by atoms with Gasteiger partial charge in [0.15, 0.2) is 0 Å². The molecular formula is C20H20O4. The van der Waals surface area contributed by atoms with Crippen LogP contribution < -0.4 is 0 Å². The second-order valence-electron chi connectivity index (χ2n) is 5.48. The van der Waals surface area contributed by atoms with Gasteiger partial charge in [-0.25, -0.2) is 9.59 Å². The minimum Gasteiger partial charge on any atom is -0.478 e. The number of aliphatic carboxylic acids is 1. The van der Waals surface area contributed by atoms with Crippen molar-refractivity contribution in [2.75, 3.05) is 0 Å². The number of carboxylic acids is 2. The van der Waals surface area contributed by atoms with Gasteiger partial charge in [-0.05, 0) is 35.6 Å². The van der Waals surface area contributed by atoms with Crippen molar-refractivity contribution in [3.8, 4) is 0 Å². The Kier molecular flexibility index (Phi) is 5.90. The first-order chi connectivity index (χ1) is 11.6. The summed E-state index contributed by atoms with van der Waals surface area (Å²) in [6.45, 7) is 2.02. The number of allylic oxidation sites excluding steroid dienone is 1. The van der Waals surface area contributed by atoms with Crippen molar-refractivity contribution in [1.29, 1.82) is 0 Å². The molecule has 0 aliphatic rings. The first-order valence-corrected chi connectivity index (χ1v) is 7.90. The van der Waals surface area contributed by atoms with Gasteiger partial charge in [-0.3, -0.25) is 0 Å². The fourth-order valence-corrected chi connectivity index (χ4v) is 2.71. The molecule has 2 aromatic rings. The predicted octanol–water partition coefficient (Wildman–Crippen LogP) is 4.57. The summed E-state index contributed by atoms with van der Waals surface area (Å²) in [4.78, 5) is 23.5. The molecule has 0 aliphatic carbocycles. The SMILES string of the molecule is CCCC/C(=C(\C(=O)O)c1ccccc1)c1ccccc1C(=O)O. The van der Waals surface area contributed by atoms with Gasteiger partial charge in [0.2, 0.25) is 0 Å². The molecule has 24 heavy (non-hydrogen) atoms. The fourth-order valence-electron chi connectivity index (χ4n) is 2.71. The van der Waals surface area contributed by atoms with Gasteiger partial charge in [0.05, 0.1) is 11.1 Å². The van der Waals surface area contributed by atoms with Gasteiger partial charge in [-0.2, -0.15) is 0 Å². The second-order valence-corrected chi connectivity index (χ2v) is 5.48. The highest BCUT2D eigenvalue weighted by molar-refractivity contribution is 6.24. The van der Waals surface area contributed by atoms with Crippen LogP contribution in [0.15, 0.2) is 54.6 Å². The molecule has 0 saturated heterocycles. The van der Waals surface area contributed by atoms with E-state index in [0.717, 1.165) is 12.8 Å². The molecule has 124 valence electrons. The summed E-state index contributed by atoms with van der Waals surface area (Å²) in [6, 6.07) is 15.4. The van der Waals surface area contributed by atoms with E-state index >= 15 is 0 Å². The van der Waals surface area contributed by atoms with Gasteiger partial charge in [0.1, 0.15) is 0 Å². The van der Waals surface area contributed by atoms with Crippen molar-refractivity contribution < 1.29 is 19.8 Å². The molecule has 0 heterocycles. The van der Waals surface area contributed by atoms with Crippen molar-refractivity contribution in [1.82, 2.24) is 0 Å². The standard InChI is InChI=1S/C20H20O4/c1-2-3-11-16(15-12-7-8-13-17(15)19(21)22)18(20(23)24)14-9-5-4-6-10-14/h4-10,12-13H,2-3,11H2,1H3,(H,21,22)(H,23,24)/b18-16+. The first kappa shape index (κ1) is 17.5. The van der Waals surface area contributed by atoms with Crippen molar-refractivity contribution in [3.63, 3.8) is 0 Å². The molecule has 2 N–H and O–H groups in total. The zero-order valence-electron chi connectivity index (χ0n) is 13.5. The molecule has 4 nitrogen and oxygen atoms in total. The smallest absolute Gasteiger partial charge is 0.336 e. The van der Waals surface area contributed by atoms with Gasteiger partial charge in [-0.1, -0.05) is 61.9 Å². The van der Waals surface area contributed by atoms with E-state index in [9.17, 15) is 19.8 Å². The van der Waals surface area contributed by atoms with E-state index in [2.05, 4.69) is 0 Å². The van der Waals surface area contributed by atoms with E-state index in [1.54, 1.807) is 42.5 Å². The van der Waals surface area contributed by atoms with Gasteiger partial charge >= 0.3 is 11.9 Å². The van der Waals surface area contributed by atoms with Gasteiger partial charge in [0, 0.05) is 0 Å². The number of aromatic carboxylic acids is 1. The summed E-state index contributed by atoms with van der Waals surface area (Å²) in [5.74, 6) is -2.11. The monoisotopic (exact) mass is 324 g/mol. The lowest BCUT2D eigenvalue weighted by Gasteiger charge is -2.15. The number of hydrogen-bond donors (Lipinski definition) is 2. The Morgan fingerprint density at radius 3 is 2.00 bits per heavy atom. The molecule has 2 rings (SSSR count). The summed E-state index contributed by atoms with van der Waals surface area (Å²) >= 11 is 0. The van der Waals surface area contributed by atoms with Crippen molar-refractivity contribution in [2.24, 2.45) is 0 Å². The minimum atomic E-state index is -1.06. The third kappa shape index (κ3) is 3.90. The maximum absolute atomic E-state index is 12.0. The van der Waals surface area contributed by atoms with Crippen molar-refractivity contribution in [3.05, 3.63) is 71.3 Å². The molecule has 4 heteroatoms. The molecule has 2 aromatic carbocycles. The summed E-state index contributed by atoms with van der Waals surface area (Å²) in [5.41, 5.74) is 1.90. The Morgan fingerprint density at radius 1 is 0.875 bits per heavy atom. The molecule has 0 fully saturated rings. The Morgan fingerprint density at radius 2 is 1.46 bits per heavy atom. The Balaban J connectivity index is 2.75.